The van der Waals surface area contributed by atoms with E-state index in [0.29, 0.717) is 15.7 Å². The SMILES string of the molecule is Cc1cc(CO)ccc1C(NC(=O)Cc1ccc2oc(C(C)(O)c3cc[n+]([O-])cc3F)cc2c1)c1ccccc1. The molecule has 204 valence electrons. The first-order chi connectivity index (χ1) is 19.2. The Kier molecular flexibility index (Phi) is 7.38. The predicted molar refractivity (Wildman–Crippen MR) is 147 cm³/mol. The maximum atomic E-state index is 14.4. The lowest BCUT2D eigenvalue weighted by Gasteiger charge is -2.22. The van der Waals surface area contributed by atoms with Gasteiger partial charge < -0.3 is 25.2 Å². The van der Waals surface area contributed by atoms with Crippen molar-refractivity contribution in [2.24, 2.45) is 0 Å². The molecule has 2 aromatic heterocycles. The first-order valence-corrected chi connectivity index (χ1v) is 12.8. The molecule has 5 aromatic rings. The molecule has 0 aliphatic heterocycles. The van der Waals surface area contributed by atoms with E-state index in [1.165, 1.54) is 13.0 Å². The second-order valence-electron chi connectivity index (χ2n) is 10.1. The van der Waals surface area contributed by atoms with Crippen LogP contribution < -0.4 is 10.0 Å². The smallest absolute Gasteiger partial charge is 0.225 e. The van der Waals surface area contributed by atoms with Gasteiger partial charge in [-0.1, -0.05) is 54.6 Å². The van der Waals surface area contributed by atoms with Crippen LogP contribution in [0.15, 0.2) is 95.7 Å². The quantitative estimate of drug-likeness (QED) is 0.195. The van der Waals surface area contributed by atoms with E-state index in [4.69, 9.17) is 4.42 Å². The molecule has 2 heterocycles. The second-order valence-corrected chi connectivity index (χ2v) is 10.1. The van der Waals surface area contributed by atoms with Crippen LogP contribution in [0.3, 0.4) is 0 Å². The predicted octanol–water partition coefficient (Wildman–Crippen LogP) is 4.71. The van der Waals surface area contributed by atoms with Gasteiger partial charge in [0.15, 0.2) is 12.0 Å². The van der Waals surface area contributed by atoms with E-state index in [1.54, 1.807) is 24.3 Å². The zero-order valence-electron chi connectivity index (χ0n) is 22.1. The summed E-state index contributed by atoms with van der Waals surface area (Å²) in [7, 11) is 0. The Bertz CT molecular complexity index is 1680. The molecule has 40 heavy (non-hydrogen) atoms. The number of aliphatic hydroxyl groups excluding tert-OH is 1. The molecule has 0 aliphatic carbocycles. The summed E-state index contributed by atoms with van der Waals surface area (Å²) >= 11 is 0. The normalized spacial score (nSPS) is 13.6. The Morgan fingerprint density at radius 1 is 1.07 bits per heavy atom. The van der Waals surface area contributed by atoms with Gasteiger partial charge in [0, 0.05) is 17.0 Å². The van der Waals surface area contributed by atoms with Crippen molar-refractivity contribution in [3.05, 3.63) is 141 Å². The van der Waals surface area contributed by atoms with Crippen molar-refractivity contribution in [2.75, 3.05) is 0 Å². The Morgan fingerprint density at radius 3 is 2.52 bits per heavy atom. The number of aromatic nitrogens is 1. The van der Waals surface area contributed by atoms with Crippen molar-refractivity contribution >= 4 is 16.9 Å². The monoisotopic (exact) mass is 540 g/mol. The molecule has 0 radical (unpaired) electrons. The van der Waals surface area contributed by atoms with Gasteiger partial charge in [0.2, 0.25) is 12.1 Å². The van der Waals surface area contributed by atoms with Gasteiger partial charge in [0.25, 0.3) is 0 Å². The summed E-state index contributed by atoms with van der Waals surface area (Å²) in [5.74, 6) is -0.932. The highest BCUT2D eigenvalue weighted by atomic mass is 19.1. The summed E-state index contributed by atoms with van der Waals surface area (Å²) < 4.78 is 20.6. The number of benzene rings is 3. The molecule has 0 bridgehead atoms. The van der Waals surface area contributed by atoms with E-state index >= 15 is 0 Å². The van der Waals surface area contributed by atoms with Gasteiger partial charge in [-0.3, -0.25) is 4.79 Å². The fourth-order valence-electron chi connectivity index (χ4n) is 4.97. The maximum Gasteiger partial charge on any atom is 0.225 e. The number of nitrogens with zero attached hydrogens (tertiary/aromatic N) is 1. The topological polar surface area (TPSA) is 110 Å². The van der Waals surface area contributed by atoms with Crippen molar-refractivity contribution in [3.63, 3.8) is 0 Å². The standard InChI is InChI=1S/C32H29FN2O5/c1-20-14-22(19-36)8-10-25(20)31(23-6-4-3-5-7-23)34-30(37)16-21-9-11-28-24(15-21)17-29(40-28)32(2,38)26-12-13-35(39)18-27(26)33/h3-15,17-18,31,36,38H,16,19H2,1-2H3,(H,34,37). The molecular weight excluding hydrogens is 511 g/mol. The largest absolute Gasteiger partial charge is 0.619 e. The van der Waals surface area contributed by atoms with E-state index in [-0.39, 0.29) is 36.3 Å². The number of pyridine rings is 1. The van der Waals surface area contributed by atoms with E-state index < -0.39 is 11.4 Å². The van der Waals surface area contributed by atoms with Gasteiger partial charge in [-0.15, -0.1) is 0 Å². The fraction of sp³-hybridized carbons (Fsp3) is 0.188. The third-order valence-corrected chi connectivity index (χ3v) is 7.10. The molecular formula is C32H29FN2O5. The Morgan fingerprint density at radius 2 is 1.82 bits per heavy atom. The van der Waals surface area contributed by atoms with Crippen molar-refractivity contribution in [3.8, 4) is 0 Å². The van der Waals surface area contributed by atoms with Crippen molar-refractivity contribution in [1.29, 1.82) is 0 Å². The molecule has 0 aliphatic rings. The van der Waals surface area contributed by atoms with E-state index in [0.717, 1.165) is 40.2 Å². The number of amides is 1. The molecule has 5 rings (SSSR count). The lowest BCUT2D eigenvalue weighted by atomic mass is 9.93. The molecule has 8 heteroatoms. The van der Waals surface area contributed by atoms with Crippen molar-refractivity contribution < 1.29 is 28.5 Å². The van der Waals surface area contributed by atoms with Gasteiger partial charge in [-0.05, 0) is 59.9 Å². The Balaban J connectivity index is 1.39. The molecule has 0 saturated heterocycles. The minimum atomic E-state index is -1.82. The van der Waals surface area contributed by atoms with Crippen LogP contribution in [0.1, 0.15) is 52.1 Å². The molecule has 0 saturated carbocycles. The number of furan rings is 1. The minimum Gasteiger partial charge on any atom is -0.619 e. The van der Waals surface area contributed by atoms with Crippen LogP contribution in [0.5, 0.6) is 0 Å². The number of rotatable bonds is 8. The number of hydrogen-bond donors (Lipinski definition) is 3. The molecule has 0 fully saturated rings. The summed E-state index contributed by atoms with van der Waals surface area (Å²) in [5, 5.41) is 35.8. The Hall–Kier alpha value is -4.53. The molecule has 2 unspecified atom stereocenters. The zero-order chi connectivity index (χ0) is 28.4. The summed E-state index contributed by atoms with van der Waals surface area (Å²) in [6.07, 6.45) is 1.95. The highest BCUT2D eigenvalue weighted by Gasteiger charge is 2.34. The average Bonchev–Trinajstić information content (AvgIpc) is 3.37. The van der Waals surface area contributed by atoms with Crippen LogP contribution in [0.4, 0.5) is 4.39 Å². The number of aryl methyl sites for hydroxylation is 1. The third-order valence-electron chi connectivity index (χ3n) is 7.10. The molecule has 0 spiro atoms. The van der Waals surface area contributed by atoms with Gasteiger partial charge in [-0.25, -0.2) is 0 Å². The summed E-state index contributed by atoms with van der Waals surface area (Å²) in [5.41, 5.74) is 2.92. The number of nitrogens with one attached hydrogen (secondary N) is 1. The highest BCUT2D eigenvalue weighted by Crippen LogP contribution is 2.34. The maximum absolute atomic E-state index is 14.4. The molecule has 1 amide bonds. The molecule has 3 aromatic carbocycles. The van der Waals surface area contributed by atoms with Crippen LogP contribution in [0.25, 0.3) is 11.0 Å². The first kappa shape index (κ1) is 27.1. The second kappa shape index (κ2) is 10.9. The van der Waals surface area contributed by atoms with Crippen molar-refractivity contribution in [1.82, 2.24) is 5.32 Å². The number of aliphatic hydroxyl groups is 2. The molecule has 2 atom stereocenters. The Labute approximate surface area is 230 Å². The van der Waals surface area contributed by atoms with Crippen LogP contribution in [-0.2, 0) is 23.4 Å². The minimum absolute atomic E-state index is 0.0580. The average molecular weight is 541 g/mol. The van der Waals surface area contributed by atoms with Gasteiger partial charge in [0.05, 0.1) is 19.1 Å². The fourth-order valence-corrected chi connectivity index (χ4v) is 4.97. The summed E-state index contributed by atoms with van der Waals surface area (Å²) in [6, 6.07) is 23.1. The zero-order valence-corrected chi connectivity index (χ0v) is 22.1. The van der Waals surface area contributed by atoms with Crippen LogP contribution in [-0.4, -0.2) is 16.1 Å². The van der Waals surface area contributed by atoms with E-state index in [9.17, 15) is 24.6 Å². The lowest BCUT2D eigenvalue weighted by Crippen LogP contribution is -2.31. The number of halogens is 1. The molecule has 3 N–H and O–H groups in total. The first-order valence-electron chi connectivity index (χ1n) is 12.8. The van der Waals surface area contributed by atoms with Crippen LogP contribution in [0, 0.1) is 17.9 Å². The van der Waals surface area contributed by atoms with Crippen molar-refractivity contribution in [2.45, 2.75) is 38.5 Å². The highest BCUT2D eigenvalue weighted by molar-refractivity contribution is 5.83. The van der Waals surface area contributed by atoms with E-state index in [1.807, 2.05) is 55.5 Å². The number of carbonyl (C=O) groups is 1. The van der Waals surface area contributed by atoms with Gasteiger partial charge in [0.1, 0.15) is 16.9 Å². The third kappa shape index (κ3) is 5.45. The lowest BCUT2D eigenvalue weighted by molar-refractivity contribution is -0.607. The van der Waals surface area contributed by atoms with Crippen LogP contribution >= 0.6 is 0 Å². The number of hydrogen-bond acceptors (Lipinski definition) is 5. The summed E-state index contributed by atoms with van der Waals surface area (Å²) in [6.45, 7) is 3.29. The van der Waals surface area contributed by atoms with Gasteiger partial charge in [-0.2, -0.15) is 9.12 Å². The summed E-state index contributed by atoms with van der Waals surface area (Å²) in [4.78, 5) is 13.3. The van der Waals surface area contributed by atoms with Crippen LogP contribution in [0.2, 0.25) is 0 Å². The number of carbonyl (C=O) groups excluding carboxylic acids is 1. The number of fused-ring (bicyclic) bond motifs is 1. The van der Waals surface area contributed by atoms with Gasteiger partial charge >= 0.3 is 0 Å². The molecule has 7 nitrogen and oxygen atoms in total. The van der Waals surface area contributed by atoms with E-state index in [2.05, 4.69) is 5.32 Å².